The van der Waals surface area contributed by atoms with Gasteiger partial charge in [-0.25, -0.2) is 4.79 Å². The molecule has 110 valence electrons. The number of carbonyl (C=O) groups is 2. The largest absolute Gasteiger partial charge is 0.481 e. The van der Waals surface area contributed by atoms with Crippen molar-refractivity contribution in [2.45, 2.75) is 53.1 Å². The number of rotatable bonds is 3. The van der Waals surface area contributed by atoms with Gasteiger partial charge in [-0.1, -0.05) is 0 Å². The number of carboxylic acid groups (broad SMARTS) is 1. The van der Waals surface area contributed by atoms with Gasteiger partial charge >= 0.3 is 12.1 Å². The lowest BCUT2D eigenvalue weighted by Gasteiger charge is -2.25. The Morgan fingerprint density at radius 1 is 1.26 bits per heavy atom. The number of ether oxygens (including phenoxy) is 1. The van der Waals surface area contributed by atoms with E-state index in [4.69, 9.17) is 9.84 Å². The molecule has 0 saturated carbocycles. The van der Waals surface area contributed by atoms with E-state index in [0.717, 1.165) is 6.42 Å². The maximum Gasteiger partial charge on any atom is 0.410 e. The van der Waals surface area contributed by atoms with Crippen molar-refractivity contribution >= 4 is 12.1 Å². The van der Waals surface area contributed by atoms with Crippen LogP contribution in [0.25, 0.3) is 0 Å². The molecule has 5 nitrogen and oxygen atoms in total. The maximum atomic E-state index is 11.9. The monoisotopic (exact) mass is 271 g/mol. The molecule has 0 aromatic heterocycles. The number of carbonyl (C=O) groups excluding carboxylic acids is 1. The molecule has 1 amide bonds. The zero-order valence-corrected chi connectivity index (χ0v) is 12.5. The molecule has 1 aliphatic heterocycles. The van der Waals surface area contributed by atoms with Gasteiger partial charge in [0, 0.05) is 13.1 Å². The van der Waals surface area contributed by atoms with Crippen LogP contribution in [-0.4, -0.2) is 40.8 Å². The molecule has 1 atom stereocenters. The van der Waals surface area contributed by atoms with Crippen molar-refractivity contribution in [3.63, 3.8) is 0 Å². The highest BCUT2D eigenvalue weighted by molar-refractivity contribution is 5.73. The van der Waals surface area contributed by atoms with Crippen LogP contribution in [0, 0.1) is 11.3 Å². The first-order chi connectivity index (χ1) is 8.51. The molecule has 1 fully saturated rings. The van der Waals surface area contributed by atoms with E-state index in [1.54, 1.807) is 18.7 Å². The number of carboxylic acids is 1. The van der Waals surface area contributed by atoms with Gasteiger partial charge in [0.1, 0.15) is 5.60 Å². The molecule has 0 aromatic rings. The molecule has 1 unspecified atom stereocenters. The standard InChI is InChI=1S/C14H25NO4/c1-13(2,3)19-12(18)15-7-6-10(9-15)8-14(4,5)11(16)17/h10H,6-9H2,1-5H3,(H,16,17). The summed E-state index contributed by atoms with van der Waals surface area (Å²) in [7, 11) is 0. The van der Waals surface area contributed by atoms with Crippen LogP contribution in [0.5, 0.6) is 0 Å². The Bertz CT molecular complexity index is 357. The molecular formula is C14H25NO4. The molecule has 1 rings (SSSR count). The molecule has 0 bridgehead atoms. The highest BCUT2D eigenvalue weighted by Crippen LogP contribution is 2.31. The van der Waals surface area contributed by atoms with Crippen molar-refractivity contribution in [2.75, 3.05) is 13.1 Å². The predicted molar refractivity (Wildman–Crippen MR) is 71.9 cm³/mol. The summed E-state index contributed by atoms with van der Waals surface area (Å²) in [5.74, 6) is -0.554. The summed E-state index contributed by atoms with van der Waals surface area (Å²) in [5, 5.41) is 9.12. The van der Waals surface area contributed by atoms with Crippen molar-refractivity contribution in [3.05, 3.63) is 0 Å². The first-order valence-corrected chi connectivity index (χ1v) is 6.72. The predicted octanol–water partition coefficient (Wildman–Crippen LogP) is 2.74. The third kappa shape index (κ3) is 4.73. The summed E-state index contributed by atoms with van der Waals surface area (Å²) < 4.78 is 5.32. The second-order valence-electron chi connectivity index (χ2n) is 6.97. The van der Waals surface area contributed by atoms with Crippen LogP contribution >= 0.6 is 0 Å². The molecule has 1 saturated heterocycles. The quantitative estimate of drug-likeness (QED) is 0.857. The van der Waals surface area contributed by atoms with E-state index < -0.39 is 17.0 Å². The number of amides is 1. The highest BCUT2D eigenvalue weighted by Gasteiger charge is 2.36. The van der Waals surface area contributed by atoms with Crippen molar-refractivity contribution in [2.24, 2.45) is 11.3 Å². The number of likely N-dealkylation sites (tertiary alicyclic amines) is 1. The van der Waals surface area contributed by atoms with Gasteiger partial charge in [-0.2, -0.15) is 0 Å². The molecule has 1 aliphatic rings. The summed E-state index contributed by atoms with van der Waals surface area (Å²) in [6, 6.07) is 0. The zero-order chi connectivity index (χ0) is 14.8. The fraction of sp³-hybridized carbons (Fsp3) is 0.857. The van der Waals surface area contributed by atoms with Crippen LogP contribution in [0.1, 0.15) is 47.5 Å². The molecule has 1 heterocycles. The van der Waals surface area contributed by atoms with E-state index >= 15 is 0 Å². The SMILES string of the molecule is CC(C)(C)OC(=O)N1CCC(CC(C)(C)C(=O)O)C1. The zero-order valence-electron chi connectivity index (χ0n) is 12.5. The molecule has 1 N–H and O–H groups in total. The Kier molecular flexibility index (Phi) is 4.48. The minimum atomic E-state index is -0.789. The van der Waals surface area contributed by atoms with Crippen LogP contribution in [-0.2, 0) is 9.53 Å². The van der Waals surface area contributed by atoms with E-state index in [0.29, 0.717) is 19.5 Å². The smallest absolute Gasteiger partial charge is 0.410 e. The van der Waals surface area contributed by atoms with Crippen LogP contribution in [0.2, 0.25) is 0 Å². The van der Waals surface area contributed by atoms with Crippen molar-refractivity contribution in [1.29, 1.82) is 0 Å². The van der Waals surface area contributed by atoms with E-state index in [9.17, 15) is 9.59 Å². The lowest BCUT2D eigenvalue weighted by atomic mass is 9.82. The number of hydrogen-bond donors (Lipinski definition) is 1. The van der Waals surface area contributed by atoms with E-state index in [1.165, 1.54) is 0 Å². The Morgan fingerprint density at radius 3 is 2.32 bits per heavy atom. The minimum Gasteiger partial charge on any atom is -0.481 e. The van der Waals surface area contributed by atoms with Crippen molar-refractivity contribution in [1.82, 2.24) is 4.90 Å². The van der Waals surface area contributed by atoms with Crippen LogP contribution in [0.4, 0.5) is 4.79 Å². The fourth-order valence-corrected chi connectivity index (χ4v) is 2.30. The molecule has 5 heteroatoms. The third-order valence-electron chi connectivity index (χ3n) is 3.32. The number of nitrogens with zero attached hydrogens (tertiary/aromatic N) is 1. The molecule has 0 aliphatic carbocycles. The first-order valence-electron chi connectivity index (χ1n) is 6.72. The molecular weight excluding hydrogens is 246 g/mol. The van der Waals surface area contributed by atoms with Crippen molar-refractivity contribution < 1.29 is 19.4 Å². The lowest BCUT2D eigenvalue weighted by Crippen LogP contribution is -2.36. The van der Waals surface area contributed by atoms with Crippen LogP contribution in [0.15, 0.2) is 0 Å². The molecule has 0 spiro atoms. The second kappa shape index (κ2) is 5.39. The average molecular weight is 271 g/mol. The molecule has 0 radical (unpaired) electrons. The first kappa shape index (κ1) is 15.8. The highest BCUT2D eigenvalue weighted by atomic mass is 16.6. The van der Waals surface area contributed by atoms with Gasteiger partial charge in [0.05, 0.1) is 5.41 Å². The minimum absolute atomic E-state index is 0.235. The lowest BCUT2D eigenvalue weighted by molar-refractivity contribution is -0.147. The fourth-order valence-electron chi connectivity index (χ4n) is 2.30. The van der Waals surface area contributed by atoms with Crippen LogP contribution in [0.3, 0.4) is 0 Å². The number of hydrogen-bond acceptors (Lipinski definition) is 3. The van der Waals surface area contributed by atoms with Gasteiger partial charge < -0.3 is 14.7 Å². The molecule has 19 heavy (non-hydrogen) atoms. The third-order valence-corrected chi connectivity index (χ3v) is 3.32. The van der Waals surface area contributed by atoms with E-state index in [1.807, 2.05) is 20.8 Å². The summed E-state index contributed by atoms with van der Waals surface area (Å²) in [6.45, 7) is 10.2. The summed E-state index contributed by atoms with van der Waals surface area (Å²) >= 11 is 0. The Labute approximate surface area is 114 Å². The van der Waals surface area contributed by atoms with E-state index in [2.05, 4.69) is 0 Å². The Balaban J connectivity index is 2.50. The average Bonchev–Trinajstić information content (AvgIpc) is 2.62. The van der Waals surface area contributed by atoms with Gasteiger partial charge in [-0.15, -0.1) is 0 Å². The van der Waals surface area contributed by atoms with Gasteiger partial charge in [0.25, 0.3) is 0 Å². The van der Waals surface area contributed by atoms with Crippen LogP contribution < -0.4 is 0 Å². The summed E-state index contributed by atoms with van der Waals surface area (Å²) in [5.41, 5.74) is -1.23. The van der Waals surface area contributed by atoms with Crippen molar-refractivity contribution in [3.8, 4) is 0 Å². The molecule has 0 aromatic carbocycles. The van der Waals surface area contributed by atoms with Gasteiger partial charge in [-0.05, 0) is 53.4 Å². The van der Waals surface area contributed by atoms with Gasteiger partial charge in [-0.3, -0.25) is 4.79 Å². The van der Waals surface area contributed by atoms with Gasteiger partial charge in [0.2, 0.25) is 0 Å². The number of aliphatic carboxylic acids is 1. The normalized spacial score (nSPS) is 20.5. The summed E-state index contributed by atoms with van der Waals surface area (Å²) in [6.07, 6.45) is 1.13. The Hall–Kier alpha value is -1.26. The van der Waals surface area contributed by atoms with Gasteiger partial charge in [0.15, 0.2) is 0 Å². The second-order valence-corrected chi connectivity index (χ2v) is 6.97. The van der Waals surface area contributed by atoms with E-state index in [-0.39, 0.29) is 12.0 Å². The topological polar surface area (TPSA) is 66.8 Å². The Morgan fingerprint density at radius 2 is 1.84 bits per heavy atom. The maximum absolute atomic E-state index is 11.9. The summed E-state index contributed by atoms with van der Waals surface area (Å²) in [4.78, 5) is 24.7.